The average molecular weight is 256 g/mol. The Balaban J connectivity index is 2.35. The average Bonchev–Trinajstić information content (AvgIpc) is 2.42. The summed E-state index contributed by atoms with van der Waals surface area (Å²) in [7, 11) is 0. The maximum absolute atomic E-state index is 9.91. The smallest absolute Gasteiger partial charge is 0.119 e. The number of para-hydroxylation sites is 1. The zero-order valence-electron chi connectivity index (χ0n) is 11.4. The Morgan fingerprint density at radius 3 is 2.00 bits per heavy atom. The van der Waals surface area contributed by atoms with E-state index in [0.29, 0.717) is 5.92 Å². The standard InChI is InChI=1S/C17H20O2/c1-12(2)13-7-9-14(10-8-13)16(11-18)15-5-3-4-6-17(15)19/h3-10,12,16,18-19H,11H2,1-2H3. The molecule has 2 nitrogen and oxygen atoms in total. The third-order valence-corrected chi connectivity index (χ3v) is 3.50. The topological polar surface area (TPSA) is 40.5 Å². The first kappa shape index (κ1) is 13.6. The van der Waals surface area contributed by atoms with Gasteiger partial charge in [-0.3, -0.25) is 0 Å². The van der Waals surface area contributed by atoms with Crippen LogP contribution >= 0.6 is 0 Å². The minimum absolute atomic E-state index is 0.0153. The van der Waals surface area contributed by atoms with Crippen LogP contribution in [0, 0.1) is 0 Å². The quantitative estimate of drug-likeness (QED) is 0.876. The highest BCUT2D eigenvalue weighted by molar-refractivity contribution is 5.42. The molecule has 1 atom stereocenters. The maximum atomic E-state index is 9.91. The number of hydrogen-bond acceptors (Lipinski definition) is 2. The molecule has 1 unspecified atom stereocenters. The van der Waals surface area contributed by atoms with Crippen molar-refractivity contribution in [2.24, 2.45) is 0 Å². The van der Waals surface area contributed by atoms with Crippen LogP contribution in [0.2, 0.25) is 0 Å². The minimum atomic E-state index is -0.178. The molecule has 2 N–H and O–H groups in total. The maximum Gasteiger partial charge on any atom is 0.119 e. The predicted molar refractivity (Wildman–Crippen MR) is 77.6 cm³/mol. The third-order valence-electron chi connectivity index (χ3n) is 3.50. The van der Waals surface area contributed by atoms with Crippen LogP contribution in [0.25, 0.3) is 0 Å². The van der Waals surface area contributed by atoms with Crippen LogP contribution in [0.15, 0.2) is 48.5 Å². The van der Waals surface area contributed by atoms with Gasteiger partial charge in [0, 0.05) is 11.5 Å². The van der Waals surface area contributed by atoms with Gasteiger partial charge in [0.25, 0.3) is 0 Å². The summed E-state index contributed by atoms with van der Waals surface area (Å²) in [6.07, 6.45) is 0. The van der Waals surface area contributed by atoms with Gasteiger partial charge in [0.15, 0.2) is 0 Å². The monoisotopic (exact) mass is 256 g/mol. The van der Waals surface area contributed by atoms with Crippen LogP contribution in [-0.4, -0.2) is 16.8 Å². The van der Waals surface area contributed by atoms with Gasteiger partial charge in [-0.2, -0.15) is 0 Å². The number of phenols is 1. The molecular formula is C17H20O2. The van der Waals surface area contributed by atoms with E-state index in [1.807, 2.05) is 24.3 Å². The van der Waals surface area contributed by atoms with Crippen LogP contribution in [0.5, 0.6) is 5.75 Å². The first-order valence-corrected chi connectivity index (χ1v) is 6.62. The molecule has 0 bridgehead atoms. The fraction of sp³-hybridized carbons (Fsp3) is 0.294. The molecule has 0 aromatic heterocycles. The lowest BCUT2D eigenvalue weighted by Crippen LogP contribution is -2.06. The van der Waals surface area contributed by atoms with Gasteiger partial charge < -0.3 is 10.2 Å². The largest absolute Gasteiger partial charge is 0.508 e. The van der Waals surface area contributed by atoms with E-state index in [1.54, 1.807) is 12.1 Å². The summed E-state index contributed by atoms with van der Waals surface area (Å²) >= 11 is 0. The van der Waals surface area contributed by atoms with Crippen LogP contribution in [0.3, 0.4) is 0 Å². The van der Waals surface area contributed by atoms with Crippen molar-refractivity contribution in [3.8, 4) is 5.75 Å². The van der Waals surface area contributed by atoms with Gasteiger partial charge in [0.2, 0.25) is 0 Å². The summed E-state index contributed by atoms with van der Waals surface area (Å²) in [6, 6.07) is 15.4. The molecular weight excluding hydrogens is 236 g/mol. The zero-order chi connectivity index (χ0) is 13.8. The second kappa shape index (κ2) is 5.89. The van der Waals surface area contributed by atoms with E-state index < -0.39 is 0 Å². The van der Waals surface area contributed by atoms with Crippen LogP contribution in [0.4, 0.5) is 0 Å². The molecule has 2 aromatic carbocycles. The van der Waals surface area contributed by atoms with Crippen molar-refractivity contribution in [1.29, 1.82) is 0 Å². The van der Waals surface area contributed by atoms with Gasteiger partial charge in [0.05, 0.1) is 6.61 Å². The van der Waals surface area contributed by atoms with Crippen molar-refractivity contribution in [2.75, 3.05) is 6.61 Å². The number of phenolic OH excluding ortho intramolecular Hbond substituents is 1. The second-order valence-electron chi connectivity index (χ2n) is 5.12. The van der Waals surface area contributed by atoms with Crippen LogP contribution in [0.1, 0.15) is 42.4 Å². The molecule has 0 saturated heterocycles. The van der Waals surface area contributed by atoms with Crippen molar-refractivity contribution in [3.05, 3.63) is 65.2 Å². The van der Waals surface area contributed by atoms with Crippen molar-refractivity contribution >= 4 is 0 Å². The number of aliphatic hydroxyl groups excluding tert-OH is 1. The summed E-state index contributed by atoms with van der Waals surface area (Å²) < 4.78 is 0. The lowest BCUT2D eigenvalue weighted by molar-refractivity contribution is 0.278. The number of aromatic hydroxyl groups is 1. The van der Waals surface area contributed by atoms with Gasteiger partial charge in [-0.1, -0.05) is 56.3 Å². The first-order chi connectivity index (χ1) is 9.13. The third kappa shape index (κ3) is 2.96. The lowest BCUT2D eigenvalue weighted by Gasteiger charge is -2.17. The highest BCUT2D eigenvalue weighted by atomic mass is 16.3. The predicted octanol–water partition coefficient (Wildman–Crippen LogP) is 3.64. The Bertz CT molecular complexity index is 529. The number of aliphatic hydroxyl groups is 1. The first-order valence-electron chi connectivity index (χ1n) is 6.62. The molecule has 0 saturated carbocycles. The SMILES string of the molecule is CC(C)c1ccc(C(CO)c2ccccc2O)cc1. The molecule has 0 radical (unpaired) electrons. The summed E-state index contributed by atoms with van der Waals surface area (Å²) in [4.78, 5) is 0. The normalized spacial score (nSPS) is 12.6. The molecule has 19 heavy (non-hydrogen) atoms. The fourth-order valence-electron chi connectivity index (χ4n) is 2.28. The molecule has 2 heteroatoms. The summed E-state index contributed by atoms with van der Waals surface area (Å²) in [5.41, 5.74) is 3.06. The Morgan fingerprint density at radius 2 is 1.47 bits per heavy atom. The molecule has 0 aliphatic heterocycles. The van der Waals surface area contributed by atoms with Gasteiger partial charge in [-0.15, -0.1) is 0 Å². The molecule has 0 fully saturated rings. The van der Waals surface area contributed by atoms with E-state index in [2.05, 4.69) is 26.0 Å². The fourth-order valence-corrected chi connectivity index (χ4v) is 2.28. The molecule has 0 spiro atoms. The van der Waals surface area contributed by atoms with Crippen molar-refractivity contribution in [3.63, 3.8) is 0 Å². The number of hydrogen-bond donors (Lipinski definition) is 2. The molecule has 2 rings (SSSR count). The highest BCUT2D eigenvalue weighted by Gasteiger charge is 2.16. The van der Waals surface area contributed by atoms with Crippen molar-refractivity contribution in [2.45, 2.75) is 25.7 Å². The summed E-state index contributed by atoms with van der Waals surface area (Å²) in [5.74, 6) is 0.545. The van der Waals surface area contributed by atoms with Gasteiger partial charge in [-0.25, -0.2) is 0 Å². The molecule has 2 aromatic rings. The van der Waals surface area contributed by atoms with Gasteiger partial charge in [-0.05, 0) is 23.1 Å². The Hall–Kier alpha value is -1.80. The van der Waals surface area contributed by atoms with E-state index in [-0.39, 0.29) is 18.3 Å². The molecule has 0 heterocycles. The summed E-state index contributed by atoms with van der Waals surface area (Å²) in [5, 5.41) is 19.5. The molecule has 100 valence electrons. The van der Waals surface area contributed by atoms with Crippen molar-refractivity contribution in [1.82, 2.24) is 0 Å². The van der Waals surface area contributed by atoms with E-state index in [4.69, 9.17) is 0 Å². The number of benzene rings is 2. The number of rotatable bonds is 4. The van der Waals surface area contributed by atoms with Crippen molar-refractivity contribution < 1.29 is 10.2 Å². The van der Waals surface area contributed by atoms with E-state index in [0.717, 1.165) is 11.1 Å². The zero-order valence-corrected chi connectivity index (χ0v) is 11.4. The van der Waals surface area contributed by atoms with E-state index in [9.17, 15) is 10.2 Å². The van der Waals surface area contributed by atoms with E-state index in [1.165, 1.54) is 5.56 Å². The Morgan fingerprint density at radius 1 is 0.895 bits per heavy atom. The van der Waals surface area contributed by atoms with E-state index >= 15 is 0 Å². The Kier molecular flexibility index (Phi) is 4.23. The van der Waals surface area contributed by atoms with Gasteiger partial charge >= 0.3 is 0 Å². The lowest BCUT2D eigenvalue weighted by atomic mass is 9.90. The molecule has 0 aliphatic carbocycles. The molecule has 0 aliphatic rings. The van der Waals surface area contributed by atoms with Gasteiger partial charge in [0.1, 0.15) is 5.75 Å². The van der Waals surface area contributed by atoms with Crippen LogP contribution < -0.4 is 0 Å². The highest BCUT2D eigenvalue weighted by Crippen LogP contribution is 2.31. The van der Waals surface area contributed by atoms with Crippen LogP contribution in [-0.2, 0) is 0 Å². The molecule has 0 amide bonds. The minimum Gasteiger partial charge on any atom is -0.508 e. The Labute approximate surface area is 114 Å². The summed E-state index contributed by atoms with van der Waals surface area (Å²) in [6.45, 7) is 4.29. The second-order valence-corrected chi connectivity index (χ2v) is 5.12.